The van der Waals surface area contributed by atoms with Crippen LogP contribution in [0.4, 0.5) is 5.82 Å². The molecule has 4 heterocycles. The van der Waals surface area contributed by atoms with Gasteiger partial charge >= 0.3 is 0 Å². The minimum atomic E-state index is 0.0859. The van der Waals surface area contributed by atoms with E-state index in [1.165, 1.54) is 11.1 Å². The summed E-state index contributed by atoms with van der Waals surface area (Å²) in [5, 5.41) is 6.37. The summed E-state index contributed by atoms with van der Waals surface area (Å²) >= 11 is 1.70. The maximum atomic E-state index is 12.7. The number of thiazole rings is 1. The highest BCUT2D eigenvalue weighted by molar-refractivity contribution is 7.10. The number of carbonyl (C=O) groups is 1. The summed E-state index contributed by atoms with van der Waals surface area (Å²) in [6, 6.07) is 2.10. The Morgan fingerprint density at radius 2 is 2.25 bits per heavy atom. The number of nitrogens with zero attached hydrogens (tertiary/aromatic N) is 3. The molecule has 0 bridgehead atoms. The predicted octanol–water partition coefficient (Wildman–Crippen LogP) is 3.99. The van der Waals surface area contributed by atoms with Crippen LogP contribution in [-0.4, -0.2) is 33.9 Å². The molecule has 5 nitrogen and oxygen atoms in total. The molecule has 2 aliphatic heterocycles. The standard InChI is InChI=1S/C22H22N4OS/c1-14-2-4-16-8-15(11-24-21(16)25-14)3-5-20(27)26-12-18-9-17(10-19(18)13-26)22-23-6-7-28-22/h3,5-9,11,18-19H,1-2,4,10,12-13H2,(H,24,25)/b5-3+. The van der Waals surface area contributed by atoms with E-state index in [9.17, 15) is 4.79 Å². The van der Waals surface area contributed by atoms with E-state index in [-0.39, 0.29) is 5.91 Å². The number of pyridine rings is 1. The summed E-state index contributed by atoms with van der Waals surface area (Å²) in [6.45, 7) is 5.59. The molecule has 0 saturated carbocycles. The Balaban J connectivity index is 1.23. The zero-order valence-corrected chi connectivity index (χ0v) is 16.4. The van der Waals surface area contributed by atoms with Crippen LogP contribution in [0.25, 0.3) is 11.6 Å². The summed E-state index contributed by atoms with van der Waals surface area (Å²) in [7, 11) is 0. The smallest absolute Gasteiger partial charge is 0.246 e. The van der Waals surface area contributed by atoms with Gasteiger partial charge in [0.25, 0.3) is 0 Å². The zero-order chi connectivity index (χ0) is 19.1. The van der Waals surface area contributed by atoms with Gasteiger partial charge in [-0.1, -0.05) is 12.7 Å². The first-order chi connectivity index (χ1) is 13.7. The van der Waals surface area contributed by atoms with Gasteiger partial charge < -0.3 is 10.2 Å². The van der Waals surface area contributed by atoms with Gasteiger partial charge in [-0.25, -0.2) is 9.97 Å². The van der Waals surface area contributed by atoms with E-state index in [4.69, 9.17) is 0 Å². The van der Waals surface area contributed by atoms with Crippen molar-refractivity contribution in [3.63, 3.8) is 0 Å². The number of allylic oxidation sites excluding steroid dienone is 2. The van der Waals surface area contributed by atoms with E-state index in [1.54, 1.807) is 23.6 Å². The van der Waals surface area contributed by atoms with Crippen LogP contribution in [0.3, 0.4) is 0 Å². The number of hydrogen-bond acceptors (Lipinski definition) is 5. The van der Waals surface area contributed by atoms with E-state index in [1.807, 2.05) is 22.6 Å². The molecule has 5 rings (SSSR count). The Kier molecular flexibility index (Phi) is 4.36. The van der Waals surface area contributed by atoms with E-state index < -0.39 is 0 Å². The average molecular weight is 391 g/mol. The second-order valence-corrected chi connectivity index (χ2v) is 8.63. The molecule has 6 heteroatoms. The van der Waals surface area contributed by atoms with Gasteiger partial charge in [0, 0.05) is 42.6 Å². The molecular weight excluding hydrogens is 368 g/mol. The number of aromatic nitrogens is 2. The zero-order valence-electron chi connectivity index (χ0n) is 15.6. The Bertz CT molecular complexity index is 992. The largest absolute Gasteiger partial charge is 0.344 e. The molecule has 2 aromatic heterocycles. The molecule has 1 fully saturated rings. The molecule has 0 aromatic carbocycles. The molecule has 1 N–H and O–H groups in total. The van der Waals surface area contributed by atoms with Crippen molar-refractivity contribution >= 4 is 34.7 Å². The number of nitrogens with one attached hydrogen (secondary N) is 1. The first-order valence-corrected chi connectivity index (χ1v) is 10.5. The van der Waals surface area contributed by atoms with Crippen molar-refractivity contribution in [1.29, 1.82) is 0 Å². The van der Waals surface area contributed by atoms with Gasteiger partial charge in [0.2, 0.25) is 5.91 Å². The first-order valence-electron chi connectivity index (χ1n) is 9.67. The molecule has 0 radical (unpaired) electrons. The van der Waals surface area contributed by atoms with Gasteiger partial charge in [0.1, 0.15) is 10.8 Å². The lowest BCUT2D eigenvalue weighted by molar-refractivity contribution is -0.125. The first kappa shape index (κ1) is 17.4. The Morgan fingerprint density at radius 1 is 1.32 bits per heavy atom. The van der Waals surface area contributed by atoms with Crippen molar-refractivity contribution in [2.24, 2.45) is 11.8 Å². The van der Waals surface area contributed by atoms with Gasteiger partial charge in [0.05, 0.1) is 0 Å². The lowest BCUT2D eigenvalue weighted by Gasteiger charge is -2.19. The summed E-state index contributed by atoms with van der Waals surface area (Å²) in [5.41, 5.74) is 4.50. The van der Waals surface area contributed by atoms with Gasteiger partial charge in [-0.3, -0.25) is 4.79 Å². The molecule has 28 heavy (non-hydrogen) atoms. The monoisotopic (exact) mass is 390 g/mol. The van der Waals surface area contributed by atoms with Crippen LogP contribution in [0.2, 0.25) is 0 Å². The molecular formula is C22H22N4OS. The number of anilines is 1. The second kappa shape index (κ2) is 7.02. The van der Waals surface area contributed by atoms with E-state index >= 15 is 0 Å². The second-order valence-electron chi connectivity index (χ2n) is 7.74. The Labute approximate surface area is 168 Å². The van der Waals surface area contributed by atoms with E-state index in [0.717, 1.165) is 54.4 Å². The van der Waals surface area contributed by atoms with Gasteiger partial charge in [-0.05, 0) is 59.9 Å². The molecule has 142 valence electrons. The van der Waals surface area contributed by atoms with Crippen LogP contribution in [0.1, 0.15) is 29.0 Å². The fraction of sp³-hybridized carbons (Fsp3) is 0.318. The number of amides is 1. The normalized spacial score (nSPS) is 23.5. The molecule has 2 aromatic rings. The topological polar surface area (TPSA) is 58.1 Å². The minimum absolute atomic E-state index is 0.0859. The summed E-state index contributed by atoms with van der Waals surface area (Å²) in [6.07, 6.45) is 12.4. The molecule has 0 spiro atoms. The van der Waals surface area contributed by atoms with Gasteiger partial charge in [-0.15, -0.1) is 11.3 Å². The summed E-state index contributed by atoms with van der Waals surface area (Å²) < 4.78 is 0. The Morgan fingerprint density at radius 3 is 3.07 bits per heavy atom. The lowest BCUT2D eigenvalue weighted by atomic mass is 10.00. The number of fused-ring (bicyclic) bond motifs is 2. The van der Waals surface area contributed by atoms with Crippen molar-refractivity contribution in [1.82, 2.24) is 14.9 Å². The van der Waals surface area contributed by atoms with Crippen LogP contribution in [0, 0.1) is 11.8 Å². The van der Waals surface area contributed by atoms with Gasteiger partial charge in [0.15, 0.2) is 0 Å². The quantitative estimate of drug-likeness (QED) is 0.806. The van der Waals surface area contributed by atoms with Crippen molar-refractivity contribution < 1.29 is 4.79 Å². The molecule has 1 amide bonds. The highest BCUT2D eigenvalue weighted by Gasteiger charge is 2.38. The van der Waals surface area contributed by atoms with Crippen molar-refractivity contribution in [2.75, 3.05) is 18.4 Å². The summed E-state index contributed by atoms with van der Waals surface area (Å²) in [4.78, 5) is 23.5. The van der Waals surface area contributed by atoms with Crippen molar-refractivity contribution in [3.05, 3.63) is 64.4 Å². The Hall–Kier alpha value is -2.73. The minimum Gasteiger partial charge on any atom is -0.344 e. The highest BCUT2D eigenvalue weighted by Crippen LogP contribution is 2.41. The van der Waals surface area contributed by atoms with Crippen molar-refractivity contribution in [3.8, 4) is 0 Å². The van der Waals surface area contributed by atoms with E-state index in [0.29, 0.717) is 11.8 Å². The van der Waals surface area contributed by atoms with Crippen LogP contribution in [0.5, 0.6) is 0 Å². The molecule has 1 saturated heterocycles. The molecule has 2 unspecified atom stereocenters. The van der Waals surface area contributed by atoms with Crippen LogP contribution in [0.15, 0.2) is 48.3 Å². The summed E-state index contributed by atoms with van der Waals surface area (Å²) in [5.74, 6) is 1.96. The fourth-order valence-electron chi connectivity index (χ4n) is 4.34. The number of likely N-dealkylation sites (tertiary alicyclic amines) is 1. The number of rotatable bonds is 3. The molecule has 3 aliphatic rings. The molecule has 2 atom stereocenters. The molecule has 1 aliphatic carbocycles. The van der Waals surface area contributed by atoms with Crippen molar-refractivity contribution in [2.45, 2.75) is 19.3 Å². The average Bonchev–Trinajstić information content (AvgIpc) is 3.41. The third-order valence-corrected chi connectivity index (χ3v) is 6.65. The third kappa shape index (κ3) is 3.29. The SMILES string of the molecule is C=C1CCc2cc(/C=C/C(=O)N3CC4C=C(c5nccs5)CC4C3)cnc2N1. The lowest BCUT2D eigenvalue weighted by Crippen LogP contribution is -2.27. The number of aryl methyl sites for hydroxylation is 1. The number of carbonyl (C=O) groups excluding carboxylic acids is 1. The van der Waals surface area contributed by atoms with Crippen LogP contribution >= 0.6 is 11.3 Å². The highest BCUT2D eigenvalue weighted by atomic mass is 32.1. The third-order valence-electron chi connectivity index (χ3n) is 5.81. The maximum Gasteiger partial charge on any atom is 0.246 e. The number of hydrogen-bond donors (Lipinski definition) is 1. The maximum absolute atomic E-state index is 12.7. The van der Waals surface area contributed by atoms with Crippen LogP contribution < -0.4 is 5.32 Å². The predicted molar refractivity (Wildman–Crippen MR) is 113 cm³/mol. The van der Waals surface area contributed by atoms with Gasteiger partial charge in [-0.2, -0.15) is 0 Å². The fourth-order valence-corrected chi connectivity index (χ4v) is 5.02. The van der Waals surface area contributed by atoms with Crippen LogP contribution in [-0.2, 0) is 11.2 Å². The van der Waals surface area contributed by atoms with E-state index in [2.05, 4.69) is 34.0 Å².